The lowest BCUT2D eigenvalue weighted by atomic mass is 10.1. The Morgan fingerprint density at radius 3 is 2.56 bits per heavy atom. The lowest BCUT2D eigenvalue weighted by Crippen LogP contribution is -2.22. The highest BCUT2D eigenvalue weighted by molar-refractivity contribution is 5.91. The van der Waals surface area contributed by atoms with Crippen LogP contribution in [0.4, 0.5) is 9.18 Å². The quantitative estimate of drug-likeness (QED) is 0.628. The molecule has 0 fully saturated rings. The number of rotatable bonds is 2. The molecule has 0 spiro atoms. The Morgan fingerprint density at radius 1 is 1.44 bits per heavy atom. The van der Waals surface area contributed by atoms with Gasteiger partial charge in [0, 0.05) is 6.54 Å². The van der Waals surface area contributed by atoms with Crippen molar-refractivity contribution in [2.75, 3.05) is 0 Å². The number of hydrogen-bond donors (Lipinski definition) is 2. The number of halogens is 1. The summed E-state index contributed by atoms with van der Waals surface area (Å²) < 4.78 is 13.2. The SMILES string of the molecule is C/C(N)=N\C(=O)NCc1ccc(C)c(F)c1.CC. The zero-order valence-electron chi connectivity index (χ0n) is 11.2. The molecule has 0 radical (unpaired) electrons. The average Bonchev–Trinajstić information content (AvgIpc) is 2.32. The molecule has 3 N–H and O–H groups in total. The summed E-state index contributed by atoms with van der Waals surface area (Å²) in [5.74, 6) is -0.0992. The average molecular weight is 253 g/mol. The van der Waals surface area contributed by atoms with Gasteiger partial charge >= 0.3 is 6.03 Å². The fourth-order valence-electron chi connectivity index (χ4n) is 1.12. The first-order chi connectivity index (χ1) is 8.49. The van der Waals surface area contributed by atoms with Gasteiger partial charge in [-0.2, -0.15) is 4.99 Å². The van der Waals surface area contributed by atoms with Crippen molar-refractivity contribution in [1.82, 2.24) is 5.32 Å². The molecule has 1 rings (SSSR count). The molecule has 0 aliphatic heterocycles. The summed E-state index contributed by atoms with van der Waals surface area (Å²) >= 11 is 0. The number of aryl methyl sites for hydroxylation is 1. The first kappa shape index (κ1) is 16.1. The number of nitrogens with two attached hydrogens (primary N) is 1. The van der Waals surface area contributed by atoms with Gasteiger partial charge in [-0.05, 0) is 31.0 Å². The third kappa shape index (κ3) is 5.98. The van der Waals surface area contributed by atoms with E-state index in [4.69, 9.17) is 5.73 Å². The van der Waals surface area contributed by atoms with Crippen LogP contribution in [-0.4, -0.2) is 11.9 Å². The lowest BCUT2D eigenvalue weighted by molar-refractivity contribution is 0.249. The molecule has 0 aromatic heterocycles. The van der Waals surface area contributed by atoms with Crippen LogP contribution in [0, 0.1) is 12.7 Å². The maximum Gasteiger partial charge on any atom is 0.342 e. The number of amides is 2. The predicted octanol–water partition coefficient (Wildman–Crippen LogP) is 2.75. The number of nitrogens with zero attached hydrogens (tertiary/aromatic N) is 1. The maximum absolute atomic E-state index is 13.2. The lowest BCUT2D eigenvalue weighted by Gasteiger charge is -2.03. The van der Waals surface area contributed by atoms with E-state index in [0.29, 0.717) is 11.1 Å². The van der Waals surface area contributed by atoms with E-state index < -0.39 is 6.03 Å². The second-order valence-electron chi connectivity index (χ2n) is 3.50. The molecule has 0 aliphatic rings. The van der Waals surface area contributed by atoms with E-state index >= 15 is 0 Å². The van der Waals surface area contributed by atoms with E-state index in [-0.39, 0.29) is 18.2 Å². The van der Waals surface area contributed by atoms with Crippen LogP contribution in [0.5, 0.6) is 0 Å². The number of nitrogens with one attached hydrogen (secondary N) is 1. The van der Waals surface area contributed by atoms with Gasteiger partial charge in [0.05, 0.1) is 0 Å². The number of urea groups is 1. The van der Waals surface area contributed by atoms with E-state index in [2.05, 4.69) is 10.3 Å². The third-order valence-electron chi connectivity index (χ3n) is 1.96. The molecule has 18 heavy (non-hydrogen) atoms. The molecular formula is C13H20FN3O. The summed E-state index contributed by atoms with van der Waals surface area (Å²) in [4.78, 5) is 14.6. The normalized spacial score (nSPS) is 10.4. The number of carbonyl (C=O) groups is 1. The number of hydrogen-bond acceptors (Lipinski definition) is 1. The Hall–Kier alpha value is -1.91. The molecule has 0 unspecified atom stereocenters. The van der Waals surface area contributed by atoms with Crippen LogP contribution < -0.4 is 11.1 Å². The number of carbonyl (C=O) groups excluding carboxylic acids is 1. The van der Waals surface area contributed by atoms with Crippen LogP contribution in [0.25, 0.3) is 0 Å². The fourth-order valence-corrected chi connectivity index (χ4v) is 1.12. The standard InChI is InChI=1S/C11H14FN3O.C2H6/c1-7-3-4-9(5-10(7)12)6-14-11(16)15-8(2)13;1-2/h3-5H,6H2,1-2H3,(H3,13,14,15,16);1-2H3. The third-order valence-corrected chi connectivity index (χ3v) is 1.96. The van der Waals surface area contributed by atoms with Crippen molar-refractivity contribution in [2.24, 2.45) is 10.7 Å². The van der Waals surface area contributed by atoms with E-state index in [0.717, 1.165) is 0 Å². The number of benzene rings is 1. The van der Waals surface area contributed by atoms with Crippen molar-refractivity contribution >= 4 is 11.9 Å². The molecule has 0 saturated carbocycles. The molecule has 0 aliphatic carbocycles. The Labute approximate surface area is 107 Å². The first-order valence-electron chi connectivity index (χ1n) is 5.82. The van der Waals surface area contributed by atoms with Crippen LogP contribution in [0.1, 0.15) is 31.9 Å². The minimum Gasteiger partial charge on any atom is -0.387 e. The van der Waals surface area contributed by atoms with Crippen LogP contribution >= 0.6 is 0 Å². The van der Waals surface area contributed by atoms with Crippen LogP contribution in [-0.2, 0) is 6.54 Å². The molecule has 2 amide bonds. The molecule has 4 nitrogen and oxygen atoms in total. The monoisotopic (exact) mass is 253 g/mol. The Balaban J connectivity index is 0.00000137. The van der Waals surface area contributed by atoms with E-state index in [1.165, 1.54) is 13.0 Å². The largest absolute Gasteiger partial charge is 0.387 e. The van der Waals surface area contributed by atoms with Crippen LogP contribution in [0.3, 0.4) is 0 Å². The minimum absolute atomic E-state index is 0.188. The Kier molecular flexibility index (Phi) is 7.35. The molecule has 1 aromatic rings. The van der Waals surface area contributed by atoms with E-state index in [1.54, 1.807) is 19.1 Å². The smallest absolute Gasteiger partial charge is 0.342 e. The van der Waals surface area contributed by atoms with Crippen molar-refractivity contribution in [1.29, 1.82) is 0 Å². The summed E-state index contributed by atoms with van der Waals surface area (Å²) in [7, 11) is 0. The summed E-state index contributed by atoms with van der Waals surface area (Å²) in [5, 5.41) is 2.50. The van der Waals surface area contributed by atoms with Gasteiger partial charge in [-0.3, -0.25) is 0 Å². The second-order valence-corrected chi connectivity index (χ2v) is 3.50. The highest BCUT2D eigenvalue weighted by atomic mass is 19.1. The molecule has 0 atom stereocenters. The molecule has 0 bridgehead atoms. The van der Waals surface area contributed by atoms with Gasteiger partial charge in [0.2, 0.25) is 0 Å². The molecule has 0 heterocycles. The van der Waals surface area contributed by atoms with Crippen molar-refractivity contribution in [3.8, 4) is 0 Å². The predicted molar refractivity (Wildman–Crippen MR) is 72.0 cm³/mol. The Bertz CT molecular complexity index is 426. The van der Waals surface area contributed by atoms with Gasteiger partial charge in [0.15, 0.2) is 0 Å². The van der Waals surface area contributed by atoms with Crippen molar-refractivity contribution in [3.63, 3.8) is 0 Å². The topological polar surface area (TPSA) is 67.5 Å². The van der Waals surface area contributed by atoms with Gasteiger partial charge in [0.1, 0.15) is 11.7 Å². The summed E-state index contributed by atoms with van der Waals surface area (Å²) in [6, 6.07) is 4.27. The molecule has 0 saturated heterocycles. The van der Waals surface area contributed by atoms with E-state index in [1.807, 2.05) is 13.8 Å². The van der Waals surface area contributed by atoms with Crippen LogP contribution in [0.15, 0.2) is 23.2 Å². The molecule has 1 aromatic carbocycles. The van der Waals surface area contributed by atoms with Crippen LogP contribution in [0.2, 0.25) is 0 Å². The highest BCUT2D eigenvalue weighted by Crippen LogP contribution is 2.08. The number of amidine groups is 1. The summed E-state index contributed by atoms with van der Waals surface area (Å²) in [5.41, 5.74) is 6.49. The van der Waals surface area contributed by atoms with Crippen molar-refractivity contribution < 1.29 is 9.18 Å². The van der Waals surface area contributed by atoms with E-state index in [9.17, 15) is 9.18 Å². The Morgan fingerprint density at radius 2 is 2.06 bits per heavy atom. The molecule has 100 valence electrons. The summed E-state index contributed by atoms with van der Waals surface area (Å²) in [6.07, 6.45) is 0. The second kappa shape index (κ2) is 8.22. The van der Waals surface area contributed by atoms with Gasteiger partial charge in [-0.1, -0.05) is 26.0 Å². The van der Waals surface area contributed by atoms with Gasteiger partial charge < -0.3 is 11.1 Å². The molecule has 5 heteroatoms. The van der Waals surface area contributed by atoms with Crippen molar-refractivity contribution in [2.45, 2.75) is 34.2 Å². The zero-order chi connectivity index (χ0) is 14.1. The molecular weight excluding hydrogens is 233 g/mol. The maximum atomic E-state index is 13.2. The summed E-state index contributed by atoms with van der Waals surface area (Å²) in [6.45, 7) is 7.43. The minimum atomic E-state index is -0.527. The highest BCUT2D eigenvalue weighted by Gasteiger charge is 2.01. The number of aliphatic imine (C=N–C) groups is 1. The first-order valence-corrected chi connectivity index (χ1v) is 5.82. The van der Waals surface area contributed by atoms with Gasteiger partial charge in [0.25, 0.3) is 0 Å². The van der Waals surface area contributed by atoms with Gasteiger partial charge in [-0.25, -0.2) is 9.18 Å². The van der Waals surface area contributed by atoms with Gasteiger partial charge in [-0.15, -0.1) is 0 Å². The fraction of sp³-hybridized carbons (Fsp3) is 0.385. The zero-order valence-corrected chi connectivity index (χ0v) is 11.2. The van der Waals surface area contributed by atoms with Crippen molar-refractivity contribution in [3.05, 3.63) is 35.1 Å².